The van der Waals surface area contributed by atoms with Crippen molar-refractivity contribution >= 4 is 57.9 Å². The molecule has 1 aromatic heterocycles. The Labute approximate surface area is 252 Å². The van der Waals surface area contributed by atoms with Crippen LogP contribution in [0.2, 0.25) is 10.0 Å². The summed E-state index contributed by atoms with van der Waals surface area (Å²) >= 11 is 13.2. The number of hydrogen-bond donors (Lipinski definition) is 3. The lowest BCUT2D eigenvalue weighted by Crippen LogP contribution is -2.45. The first-order valence-corrected chi connectivity index (χ1v) is 14.1. The number of nitrogens with one attached hydrogen (secondary N) is 2. The van der Waals surface area contributed by atoms with E-state index in [2.05, 4.69) is 15.6 Å². The Bertz CT molecular complexity index is 1540. The van der Waals surface area contributed by atoms with Crippen LogP contribution in [0, 0.1) is 11.5 Å². The lowest BCUT2D eigenvalue weighted by Gasteiger charge is -2.22. The summed E-state index contributed by atoms with van der Waals surface area (Å²) < 4.78 is 5.70. The molecule has 220 valence electrons. The summed E-state index contributed by atoms with van der Waals surface area (Å²) in [5, 5.41) is 24.6. The van der Waals surface area contributed by atoms with Gasteiger partial charge in [0, 0.05) is 32.1 Å². The number of nitriles is 1. The average Bonchev–Trinajstić information content (AvgIpc) is 3.64. The molecule has 2 aromatic carbocycles. The van der Waals surface area contributed by atoms with Crippen LogP contribution < -0.4 is 10.6 Å². The first-order chi connectivity index (χ1) is 20.1. The maximum absolute atomic E-state index is 13.3. The SMILES string of the molecule is CCc1c(CN(C)C(=O)c2cc3ccccc3o2)cc(Cl)c(C(=O)N[C@@H](CN=C(NC#N)N2CCCC2)C(=O)O)c1Cl. The third-order valence-corrected chi connectivity index (χ3v) is 7.70. The van der Waals surface area contributed by atoms with Crippen LogP contribution in [0.1, 0.15) is 51.8 Å². The van der Waals surface area contributed by atoms with Crippen LogP contribution in [0.15, 0.2) is 45.8 Å². The zero-order valence-corrected chi connectivity index (χ0v) is 24.6. The van der Waals surface area contributed by atoms with Gasteiger partial charge in [-0.3, -0.25) is 14.9 Å². The average molecular weight is 614 g/mol. The van der Waals surface area contributed by atoms with Crippen LogP contribution in [0.3, 0.4) is 0 Å². The smallest absolute Gasteiger partial charge is 0.328 e. The molecule has 0 aliphatic carbocycles. The van der Waals surface area contributed by atoms with E-state index in [1.807, 2.05) is 36.2 Å². The number of carboxylic acids is 1. The second-order valence-corrected chi connectivity index (χ2v) is 10.6. The van der Waals surface area contributed by atoms with Gasteiger partial charge in [-0.25, -0.2) is 9.79 Å². The van der Waals surface area contributed by atoms with Crippen molar-refractivity contribution in [3.05, 3.63) is 68.9 Å². The summed E-state index contributed by atoms with van der Waals surface area (Å²) in [5.74, 6) is -1.99. The molecule has 0 unspecified atom stereocenters. The molecular formula is C29H30Cl2N6O5. The van der Waals surface area contributed by atoms with Crippen LogP contribution in [0.4, 0.5) is 0 Å². The number of fused-ring (bicyclic) bond motifs is 1. The minimum Gasteiger partial charge on any atom is -0.480 e. The highest BCUT2D eigenvalue weighted by atomic mass is 35.5. The van der Waals surface area contributed by atoms with Crippen molar-refractivity contribution in [2.24, 2.45) is 4.99 Å². The van der Waals surface area contributed by atoms with Crippen molar-refractivity contribution in [2.75, 3.05) is 26.7 Å². The highest BCUT2D eigenvalue weighted by molar-refractivity contribution is 6.40. The normalized spacial score (nSPS) is 14.0. The monoisotopic (exact) mass is 612 g/mol. The Morgan fingerprint density at radius 2 is 1.93 bits per heavy atom. The maximum atomic E-state index is 13.3. The zero-order chi connectivity index (χ0) is 30.4. The van der Waals surface area contributed by atoms with Gasteiger partial charge in [0.1, 0.15) is 11.6 Å². The molecular weight excluding hydrogens is 583 g/mol. The number of para-hydroxylation sites is 1. The Kier molecular flexibility index (Phi) is 9.93. The topological polar surface area (TPSA) is 151 Å². The van der Waals surface area contributed by atoms with Gasteiger partial charge in [-0.05, 0) is 48.6 Å². The summed E-state index contributed by atoms with van der Waals surface area (Å²) in [4.78, 5) is 45.9. The van der Waals surface area contributed by atoms with Crippen LogP contribution in [-0.4, -0.2) is 71.4 Å². The molecule has 1 aliphatic rings. The second kappa shape index (κ2) is 13.6. The van der Waals surface area contributed by atoms with Gasteiger partial charge in [-0.2, -0.15) is 5.26 Å². The number of aliphatic imine (C=N–C) groups is 1. The van der Waals surface area contributed by atoms with Gasteiger partial charge in [-0.1, -0.05) is 48.3 Å². The second-order valence-electron chi connectivity index (χ2n) is 9.81. The summed E-state index contributed by atoms with van der Waals surface area (Å²) in [7, 11) is 1.62. The van der Waals surface area contributed by atoms with Crippen LogP contribution in [-0.2, 0) is 17.8 Å². The molecule has 0 bridgehead atoms. The fourth-order valence-corrected chi connectivity index (χ4v) is 5.64. The molecule has 1 saturated heterocycles. The minimum absolute atomic E-state index is 0.00540. The predicted octanol–water partition coefficient (Wildman–Crippen LogP) is 4.28. The Hall–Kier alpha value is -4.27. The van der Waals surface area contributed by atoms with Gasteiger partial charge in [0.2, 0.25) is 5.96 Å². The number of guanidine groups is 1. The summed E-state index contributed by atoms with van der Waals surface area (Å²) in [5.41, 5.74) is 1.75. The van der Waals surface area contributed by atoms with E-state index in [1.54, 1.807) is 25.2 Å². The van der Waals surface area contributed by atoms with Gasteiger partial charge in [-0.15, -0.1) is 0 Å². The number of carbonyl (C=O) groups excluding carboxylic acids is 2. The van der Waals surface area contributed by atoms with E-state index < -0.39 is 17.9 Å². The van der Waals surface area contributed by atoms with Crippen molar-refractivity contribution < 1.29 is 23.9 Å². The molecule has 11 nitrogen and oxygen atoms in total. The first kappa shape index (κ1) is 30.7. The number of likely N-dealkylation sites (tertiary alicyclic amines) is 1. The van der Waals surface area contributed by atoms with Gasteiger partial charge < -0.3 is 24.6 Å². The molecule has 1 atom stereocenters. The van der Waals surface area contributed by atoms with Gasteiger partial charge in [0.05, 0.1) is 22.2 Å². The number of carboxylic acid groups (broad SMARTS) is 1. The molecule has 13 heteroatoms. The molecule has 1 fully saturated rings. The number of carbonyl (C=O) groups is 3. The molecule has 1 aliphatic heterocycles. The predicted molar refractivity (Wildman–Crippen MR) is 159 cm³/mol. The number of halogens is 2. The van der Waals surface area contributed by atoms with E-state index in [9.17, 15) is 19.5 Å². The quantitative estimate of drug-likeness (QED) is 0.140. The van der Waals surface area contributed by atoms with E-state index in [4.69, 9.17) is 32.9 Å². The van der Waals surface area contributed by atoms with Crippen molar-refractivity contribution in [1.29, 1.82) is 5.26 Å². The molecule has 42 heavy (non-hydrogen) atoms. The third-order valence-electron chi connectivity index (χ3n) is 6.98. The fourth-order valence-electron chi connectivity index (χ4n) is 4.83. The fraction of sp³-hybridized carbons (Fsp3) is 0.345. The van der Waals surface area contributed by atoms with Crippen LogP contribution in [0.25, 0.3) is 11.0 Å². The van der Waals surface area contributed by atoms with E-state index in [1.165, 1.54) is 4.90 Å². The Morgan fingerprint density at radius 1 is 1.21 bits per heavy atom. The highest BCUT2D eigenvalue weighted by Crippen LogP contribution is 2.33. The van der Waals surface area contributed by atoms with Gasteiger partial charge >= 0.3 is 5.97 Å². The maximum Gasteiger partial charge on any atom is 0.328 e. The molecule has 3 N–H and O–H groups in total. The number of hydrogen-bond acceptors (Lipinski definition) is 6. The third kappa shape index (κ3) is 6.78. The number of aliphatic carboxylic acids is 1. The van der Waals surface area contributed by atoms with Crippen molar-refractivity contribution in [3.8, 4) is 6.19 Å². The lowest BCUT2D eigenvalue weighted by molar-refractivity contribution is -0.138. The number of rotatable bonds is 9. The number of furan rings is 1. The van der Waals surface area contributed by atoms with Crippen LogP contribution >= 0.6 is 23.2 Å². The molecule has 3 aromatic rings. The summed E-state index contributed by atoms with van der Waals surface area (Å²) in [6.45, 7) is 3.04. The van der Waals surface area contributed by atoms with Crippen LogP contribution in [0.5, 0.6) is 0 Å². The van der Waals surface area contributed by atoms with Crippen molar-refractivity contribution in [3.63, 3.8) is 0 Å². The van der Waals surface area contributed by atoms with E-state index in [0.717, 1.165) is 18.2 Å². The summed E-state index contributed by atoms with van der Waals surface area (Å²) in [6, 6.07) is 9.14. The number of amides is 2. The standard InChI is InChI=1S/C29H30Cl2N6O5/c1-3-19-18(15-36(2)27(39)23-13-17-8-4-5-9-22(17)42-23)12-20(30)24(25(19)31)26(38)35-21(28(40)41)14-33-29(34-16-32)37-10-6-7-11-37/h4-5,8-9,12-13,21H,3,6-7,10-11,14-15H2,1-2H3,(H,33,34)(H,35,38)(H,40,41)/t21-/m0/s1. The molecule has 2 heterocycles. The molecule has 0 radical (unpaired) electrons. The first-order valence-electron chi connectivity index (χ1n) is 13.4. The molecule has 4 rings (SSSR count). The zero-order valence-electron chi connectivity index (χ0n) is 23.1. The summed E-state index contributed by atoms with van der Waals surface area (Å²) in [6.07, 6.45) is 4.10. The van der Waals surface area contributed by atoms with Crippen molar-refractivity contribution in [1.82, 2.24) is 20.4 Å². The van der Waals surface area contributed by atoms with Gasteiger partial charge in [0.25, 0.3) is 11.8 Å². The molecule has 2 amide bonds. The Balaban J connectivity index is 1.53. The Morgan fingerprint density at radius 3 is 2.57 bits per heavy atom. The van der Waals surface area contributed by atoms with Crippen molar-refractivity contribution in [2.45, 2.75) is 38.8 Å². The molecule has 0 spiro atoms. The van der Waals surface area contributed by atoms with E-state index >= 15 is 0 Å². The van der Waals surface area contributed by atoms with Gasteiger partial charge in [0.15, 0.2) is 12.0 Å². The van der Waals surface area contributed by atoms with E-state index in [-0.39, 0.29) is 46.3 Å². The lowest BCUT2D eigenvalue weighted by atomic mass is 10.00. The highest BCUT2D eigenvalue weighted by Gasteiger charge is 2.27. The van der Waals surface area contributed by atoms with E-state index in [0.29, 0.717) is 36.2 Å². The number of nitrogens with zero attached hydrogens (tertiary/aromatic N) is 4. The largest absolute Gasteiger partial charge is 0.480 e. The number of benzene rings is 2. The molecule has 0 saturated carbocycles. The minimum atomic E-state index is -1.40.